The van der Waals surface area contributed by atoms with E-state index in [2.05, 4.69) is 0 Å². The summed E-state index contributed by atoms with van der Waals surface area (Å²) in [5.41, 5.74) is -0.585. The molecule has 0 saturated heterocycles. The molecule has 1 heterocycles. The van der Waals surface area contributed by atoms with Gasteiger partial charge in [-0.2, -0.15) is 0 Å². The lowest BCUT2D eigenvalue weighted by Crippen LogP contribution is -2.27. The first-order valence-corrected chi connectivity index (χ1v) is 6.48. The van der Waals surface area contributed by atoms with Gasteiger partial charge in [-0.1, -0.05) is 12.1 Å². The quantitative estimate of drug-likeness (QED) is 0.878. The van der Waals surface area contributed by atoms with Crippen LogP contribution in [0.1, 0.15) is 24.2 Å². The molecule has 0 spiro atoms. The van der Waals surface area contributed by atoms with Crippen LogP contribution in [0, 0.1) is 5.82 Å². The van der Waals surface area contributed by atoms with Gasteiger partial charge < -0.3 is 9.67 Å². The van der Waals surface area contributed by atoms with E-state index in [0.29, 0.717) is 17.4 Å². The fourth-order valence-electron chi connectivity index (χ4n) is 2.11. The Morgan fingerprint density at radius 1 is 1.24 bits per heavy atom. The highest BCUT2D eigenvalue weighted by atomic mass is 19.1. The zero-order valence-corrected chi connectivity index (χ0v) is 11.8. The fraction of sp³-hybridized carbons (Fsp3) is 0.250. The van der Waals surface area contributed by atoms with Crippen molar-refractivity contribution in [1.82, 2.24) is 4.57 Å². The molecule has 1 N–H and O–H groups in total. The minimum absolute atomic E-state index is 0.000995. The van der Waals surface area contributed by atoms with Crippen molar-refractivity contribution in [3.05, 3.63) is 58.3 Å². The first kappa shape index (κ1) is 15.1. The van der Waals surface area contributed by atoms with Crippen LogP contribution in [0.4, 0.5) is 4.39 Å². The summed E-state index contributed by atoms with van der Waals surface area (Å²) < 4.78 is 14.6. The van der Waals surface area contributed by atoms with Gasteiger partial charge in [-0.15, -0.1) is 0 Å². The number of hydrogen-bond acceptors (Lipinski definition) is 3. The molecule has 0 atom stereocenters. The van der Waals surface area contributed by atoms with Crippen LogP contribution < -0.4 is 5.43 Å². The van der Waals surface area contributed by atoms with Crippen LogP contribution in [-0.4, -0.2) is 21.6 Å². The predicted molar refractivity (Wildman–Crippen MR) is 77.8 cm³/mol. The topological polar surface area (TPSA) is 59.3 Å². The second-order valence-corrected chi connectivity index (χ2v) is 5.57. The van der Waals surface area contributed by atoms with E-state index in [4.69, 9.17) is 0 Å². The number of carbonyl (C=O) groups excluding carboxylic acids is 1. The molecule has 0 aliphatic carbocycles. The molecule has 0 fully saturated rings. The van der Waals surface area contributed by atoms with Gasteiger partial charge in [0.15, 0.2) is 11.7 Å². The van der Waals surface area contributed by atoms with Gasteiger partial charge in [0.05, 0.1) is 17.7 Å². The molecule has 110 valence electrons. The average molecular weight is 289 g/mol. The lowest BCUT2D eigenvalue weighted by atomic mass is 10.0. The van der Waals surface area contributed by atoms with E-state index in [0.717, 1.165) is 0 Å². The molecule has 0 unspecified atom stereocenters. The fourth-order valence-corrected chi connectivity index (χ4v) is 2.11. The minimum Gasteiger partial charge on any atom is -0.389 e. The van der Waals surface area contributed by atoms with Crippen molar-refractivity contribution < 1.29 is 14.3 Å². The Hall–Kier alpha value is -2.27. The van der Waals surface area contributed by atoms with Gasteiger partial charge in [-0.3, -0.25) is 9.59 Å². The maximum absolute atomic E-state index is 13.0. The number of rotatable bonds is 4. The van der Waals surface area contributed by atoms with Crippen molar-refractivity contribution in [2.24, 2.45) is 0 Å². The van der Waals surface area contributed by atoms with E-state index in [1.807, 2.05) is 0 Å². The minimum atomic E-state index is -0.991. The Morgan fingerprint density at radius 2 is 1.86 bits per heavy atom. The average Bonchev–Trinajstić information content (AvgIpc) is 2.40. The largest absolute Gasteiger partial charge is 0.389 e. The summed E-state index contributed by atoms with van der Waals surface area (Å²) in [5.74, 6) is -0.401. The Bertz CT molecular complexity index is 712. The van der Waals surface area contributed by atoms with Crippen molar-refractivity contribution in [1.29, 1.82) is 0 Å². The normalized spacial score (nSPS) is 11.4. The van der Waals surface area contributed by atoms with Crippen molar-refractivity contribution in [2.75, 3.05) is 0 Å². The first-order chi connectivity index (χ1) is 9.80. The number of aldehydes is 1. The monoisotopic (exact) mass is 289 g/mol. The Morgan fingerprint density at radius 3 is 2.38 bits per heavy atom. The van der Waals surface area contributed by atoms with Gasteiger partial charge in [0.1, 0.15) is 5.82 Å². The molecule has 5 heteroatoms. The number of hydrogen-bond donors (Lipinski definition) is 1. The molecule has 0 bridgehead atoms. The van der Waals surface area contributed by atoms with Crippen LogP contribution in [0.15, 0.2) is 41.5 Å². The van der Waals surface area contributed by atoms with E-state index >= 15 is 0 Å². The summed E-state index contributed by atoms with van der Waals surface area (Å²) >= 11 is 0. The van der Waals surface area contributed by atoms with Crippen molar-refractivity contribution >= 4 is 6.29 Å². The van der Waals surface area contributed by atoms with Crippen LogP contribution in [0.3, 0.4) is 0 Å². The summed E-state index contributed by atoms with van der Waals surface area (Å²) in [4.78, 5) is 23.2. The first-order valence-electron chi connectivity index (χ1n) is 6.48. The lowest BCUT2D eigenvalue weighted by molar-refractivity contribution is 0.0613. The number of pyridine rings is 1. The zero-order chi connectivity index (χ0) is 15.6. The highest BCUT2D eigenvalue weighted by Gasteiger charge is 2.16. The second kappa shape index (κ2) is 5.61. The predicted octanol–water partition coefficient (Wildman–Crippen LogP) is 2.24. The summed E-state index contributed by atoms with van der Waals surface area (Å²) in [6.45, 7) is 3.48. The lowest BCUT2D eigenvalue weighted by Gasteiger charge is -2.20. The highest BCUT2D eigenvalue weighted by molar-refractivity contribution is 5.77. The van der Waals surface area contributed by atoms with Gasteiger partial charge >= 0.3 is 0 Å². The molecule has 0 amide bonds. The molecule has 1 aromatic heterocycles. The molecule has 0 saturated carbocycles. The van der Waals surface area contributed by atoms with Gasteiger partial charge in [0.2, 0.25) is 0 Å². The summed E-state index contributed by atoms with van der Waals surface area (Å²) in [5, 5.41) is 9.86. The smallest absolute Gasteiger partial charge is 0.199 e. The van der Waals surface area contributed by atoms with Crippen LogP contribution in [0.25, 0.3) is 11.1 Å². The maximum atomic E-state index is 13.0. The number of aliphatic hydroxyl groups is 1. The number of carbonyl (C=O) groups is 1. The van der Waals surface area contributed by atoms with E-state index in [9.17, 15) is 19.1 Å². The third kappa shape index (κ3) is 3.64. The Kier molecular flexibility index (Phi) is 4.04. The molecule has 0 aliphatic rings. The van der Waals surface area contributed by atoms with Crippen LogP contribution in [0.5, 0.6) is 0 Å². The Labute approximate surface area is 121 Å². The zero-order valence-electron chi connectivity index (χ0n) is 11.8. The third-order valence-corrected chi connectivity index (χ3v) is 2.96. The molecule has 2 rings (SSSR count). The third-order valence-electron chi connectivity index (χ3n) is 2.96. The van der Waals surface area contributed by atoms with Crippen molar-refractivity contribution in [3.8, 4) is 11.1 Å². The number of aromatic nitrogens is 1. The van der Waals surface area contributed by atoms with Crippen LogP contribution in [0.2, 0.25) is 0 Å². The van der Waals surface area contributed by atoms with Gasteiger partial charge in [0, 0.05) is 18.0 Å². The second-order valence-electron chi connectivity index (χ2n) is 5.57. The molecule has 21 heavy (non-hydrogen) atoms. The molecule has 1 aromatic carbocycles. The van der Waals surface area contributed by atoms with Gasteiger partial charge in [-0.05, 0) is 31.5 Å². The van der Waals surface area contributed by atoms with Crippen LogP contribution in [-0.2, 0) is 6.54 Å². The van der Waals surface area contributed by atoms with E-state index < -0.39 is 16.8 Å². The molecule has 4 nitrogen and oxygen atoms in total. The summed E-state index contributed by atoms with van der Waals surface area (Å²) in [6.07, 6.45) is 3.44. The van der Waals surface area contributed by atoms with Crippen LogP contribution >= 0.6 is 0 Å². The van der Waals surface area contributed by atoms with Crippen molar-refractivity contribution in [2.45, 2.75) is 26.0 Å². The Balaban J connectivity index is 2.59. The SMILES string of the molecule is CC(C)(O)Cn1cc(C=O)c(=O)c(-c2ccc(F)cc2)c1. The molecular weight excluding hydrogens is 273 g/mol. The maximum Gasteiger partial charge on any atom is 0.199 e. The summed E-state index contributed by atoms with van der Waals surface area (Å²) in [6, 6.07) is 5.47. The van der Waals surface area contributed by atoms with E-state index in [-0.39, 0.29) is 12.1 Å². The standard InChI is InChI=1S/C16H16FNO3/c1-16(2,21)10-18-7-12(9-19)15(20)14(8-18)11-3-5-13(17)6-4-11/h3-9,21H,10H2,1-2H3. The summed E-state index contributed by atoms with van der Waals surface area (Å²) in [7, 11) is 0. The van der Waals surface area contributed by atoms with E-state index in [1.54, 1.807) is 24.6 Å². The highest BCUT2D eigenvalue weighted by Crippen LogP contribution is 2.17. The van der Waals surface area contributed by atoms with E-state index in [1.165, 1.54) is 30.5 Å². The molecule has 2 aromatic rings. The van der Waals surface area contributed by atoms with Crippen molar-refractivity contribution in [3.63, 3.8) is 0 Å². The molecule has 0 radical (unpaired) electrons. The molecular formula is C16H16FNO3. The van der Waals surface area contributed by atoms with Gasteiger partial charge in [-0.25, -0.2) is 4.39 Å². The van der Waals surface area contributed by atoms with Gasteiger partial charge in [0.25, 0.3) is 0 Å². The number of benzene rings is 1. The number of nitrogens with zero attached hydrogens (tertiary/aromatic N) is 1. The molecule has 0 aliphatic heterocycles. The number of halogens is 1.